The highest BCUT2D eigenvalue weighted by molar-refractivity contribution is 6.06. The Balaban J connectivity index is 1.71. The first-order valence-corrected chi connectivity index (χ1v) is 15.1. The van der Waals surface area contributed by atoms with Crippen LogP contribution in [0.15, 0.2) is 42.5 Å². The van der Waals surface area contributed by atoms with Crippen LogP contribution in [-0.2, 0) is 23.9 Å². The summed E-state index contributed by atoms with van der Waals surface area (Å²) in [6.45, 7) is 10.2. The van der Waals surface area contributed by atoms with Gasteiger partial charge in [0.15, 0.2) is 0 Å². The van der Waals surface area contributed by atoms with E-state index in [0.717, 1.165) is 36.1 Å². The molecule has 1 aromatic rings. The zero-order chi connectivity index (χ0) is 29.5. The van der Waals surface area contributed by atoms with Crippen molar-refractivity contribution in [3.05, 3.63) is 53.6 Å². The summed E-state index contributed by atoms with van der Waals surface area (Å²) >= 11 is 0. The predicted octanol–water partition coefficient (Wildman–Crippen LogP) is 4.26. The van der Waals surface area contributed by atoms with Gasteiger partial charge in [0.25, 0.3) is 5.91 Å². The minimum Gasteiger partial charge on any atom is -0.465 e. The van der Waals surface area contributed by atoms with Crippen molar-refractivity contribution in [1.29, 1.82) is 0 Å². The third kappa shape index (κ3) is 4.83. The highest BCUT2D eigenvalue weighted by Crippen LogP contribution is 2.58. The minimum absolute atomic E-state index is 0.167. The molecule has 1 unspecified atom stereocenters. The molecule has 0 aromatic heterocycles. The molecular weight excluding hydrogens is 520 g/mol. The number of likely N-dealkylation sites (tertiary alicyclic amines) is 1. The second-order valence-electron chi connectivity index (χ2n) is 12.5. The van der Waals surface area contributed by atoms with Crippen molar-refractivity contribution in [3.63, 3.8) is 0 Å². The Labute approximate surface area is 243 Å². The average molecular weight is 565 g/mol. The van der Waals surface area contributed by atoms with Gasteiger partial charge in [-0.05, 0) is 69.1 Å². The van der Waals surface area contributed by atoms with Gasteiger partial charge in [-0.3, -0.25) is 14.4 Å². The molecule has 8 heteroatoms. The van der Waals surface area contributed by atoms with E-state index in [9.17, 15) is 19.5 Å². The number of aryl methyl sites for hydroxylation is 2. The van der Waals surface area contributed by atoms with Crippen molar-refractivity contribution < 1.29 is 29.0 Å². The summed E-state index contributed by atoms with van der Waals surface area (Å²) in [6.07, 6.45) is 11.1. The lowest BCUT2D eigenvalue weighted by molar-refractivity contribution is -0.161. The first-order valence-electron chi connectivity index (χ1n) is 15.1. The molecule has 5 rings (SSSR count). The fraction of sp³-hybridized carbons (Fsp3) is 0.606. The lowest BCUT2D eigenvalue weighted by Crippen LogP contribution is -2.59. The van der Waals surface area contributed by atoms with Gasteiger partial charge in [0.1, 0.15) is 23.2 Å². The van der Waals surface area contributed by atoms with Gasteiger partial charge in [0.2, 0.25) is 5.91 Å². The van der Waals surface area contributed by atoms with E-state index in [1.807, 2.05) is 77.1 Å². The highest BCUT2D eigenvalue weighted by Gasteiger charge is 2.76. The van der Waals surface area contributed by atoms with Gasteiger partial charge in [0.05, 0.1) is 25.2 Å². The maximum absolute atomic E-state index is 14.8. The number of fused-ring (bicyclic) bond motifs is 2. The molecule has 1 spiro atoms. The van der Waals surface area contributed by atoms with Crippen LogP contribution in [0, 0.1) is 31.6 Å². The van der Waals surface area contributed by atoms with E-state index in [-0.39, 0.29) is 30.9 Å². The molecule has 4 aliphatic heterocycles. The van der Waals surface area contributed by atoms with Crippen LogP contribution in [0.5, 0.6) is 0 Å². The van der Waals surface area contributed by atoms with E-state index in [1.54, 1.807) is 9.80 Å². The SMILES string of the molecule is CC[C@@]12/C=C\CCCCOC(=O)[C@@H]1[C@H]1C(=O)N([C@@H](CO)CC(C)C)C3C(=O)N(c4cc(C)ccc4C)CC=C[C@@]31O2. The molecule has 222 valence electrons. The Morgan fingerprint density at radius 3 is 2.54 bits per heavy atom. The summed E-state index contributed by atoms with van der Waals surface area (Å²) in [6, 6.07) is 4.34. The van der Waals surface area contributed by atoms with E-state index < -0.39 is 41.1 Å². The number of esters is 1. The zero-order valence-corrected chi connectivity index (χ0v) is 25.0. The molecule has 2 fully saturated rings. The Hall–Kier alpha value is -2.97. The van der Waals surface area contributed by atoms with E-state index in [0.29, 0.717) is 19.4 Å². The number of hydrogen-bond acceptors (Lipinski definition) is 6. The van der Waals surface area contributed by atoms with Crippen molar-refractivity contribution in [2.24, 2.45) is 17.8 Å². The van der Waals surface area contributed by atoms with Gasteiger partial charge in [0, 0.05) is 12.2 Å². The van der Waals surface area contributed by atoms with Crippen molar-refractivity contribution in [1.82, 2.24) is 4.90 Å². The number of nitrogens with zero attached hydrogens (tertiary/aromatic N) is 2. The van der Waals surface area contributed by atoms with Crippen LogP contribution in [0.2, 0.25) is 0 Å². The lowest BCUT2D eigenvalue weighted by atomic mass is 9.73. The van der Waals surface area contributed by atoms with Crippen molar-refractivity contribution >= 4 is 23.5 Å². The van der Waals surface area contributed by atoms with Gasteiger partial charge in [-0.2, -0.15) is 0 Å². The van der Waals surface area contributed by atoms with Crippen LogP contribution in [0.1, 0.15) is 64.0 Å². The number of aliphatic hydroxyl groups excluding tert-OH is 1. The number of anilines is 1. The first-order chi connectivity index (χ1) is 19.6. The summed E-state index contributed by atoms with van der Waals surface area (Å²) in [5, 5.41) is 10.6. The van der Waals surface area contributed by atoms with Crippen molar-refractivity contribution in [2.75, 3.05) is 24.7 Å². The molecule has 0 radical (unpaired) electrons. The quantitative estimate of drug-likeness (QED) is 0.410. The van der Waals surface area contributed by atoms with Crippen LogP contribution >= 0.6 is 0 Å². The molecule has 1 N–H and O–H groups in total. The van der Waals surface area contributed by atoms with E-state index in [4.69, 9.17) is 9.47 Å². The topological polar surface area (TPSA) is 96.4 Å². The van der Waals surface area contributed by atoms with Gasteiger partial charge < -0.3 is 24.4 Å². The lowest BCUT2D eigenvalue weighted by Gasteiger charge is -2.41. The number of carbonyl (C=O) groups excluding carboxylic acids is 3. The maximum Gasteiger partial charge on any atom is 0.313 e. The van der Waals surface area contributed by atoms with E-state index in [1.165, 1.54) is 0 Å². The number of hydrogen-bond donors (Lipinski definition) is 1. The van der Waals surface area contributed by atoms with Crippen LogP contribution in [0.3, 0.4) is 0 Å². The van der Waals surface area contributed by atoms with Gasteiger partial charge in [-0.15, -0.1) is 0 Å². The average Bonchev–Trinajstić information content (AvgIpc) is 3.30. The normalized spacial score (nSPS) is 33.2. The first kappa shape index (κ1) is 29.5. The molecule has 0 aliphatic carbocycles. The number of rotatable bonds is 6. The molecule has 0 bridgehead atoms. The number of benzene rings is 1. The maximum atomic E-state index is 14.8. The Bertz CT molecular complexity index is 1260. The van der Waals surface area contributed by atoms with Crippen LogP contribution < -0.4 is 4.90 Å². The van der Waals surface area contributed by atoms with Crippen molar-refractivity contribution in [2.45, 2.75) is 90.0 Å². The van der Waals surface area contributed by atoms with Crippen LogP contribution in [0.25, 0.3) is 0 Å². The van der Waals surface area contributed by atoms with E-state index in [2.05, 4.69) is 0 Å². The highest BCUT2D eigenvalue weighted by atomic mass is 16.6. The monoisotopic (exact) mass is 564 g/mol. The zero-order valence-electron chi connectivity index (χ0n) is 25.0. The molecule has 4 heterocycles. The summed E-state index contributed by atoms with van der Waals surface area (Å²) in [5.41, 5.74) is 0.263. The summed E-state index contributed by atoms with van der Waals surface area (Å²) in [4.78, 5) is 46.6. The Morgan fingerprint density at radius 2 is 1.83 bits per heavy atom. The predicted molar refractivity (Wildman–Crippen MR) is 156 cm³/mol. The van der Waals surface area contributed by atoms with Gasteiger partial charge in [-0.25, -0.2) is 0 Å². The number of carbonyl (C=O) groups is 3. The number of ether oxygens (including phenoxy) is 2. The third-order valence-corrected chi connectivity index (χ3v) is 9.32. The summed E-state index contributed by atoms with van der Waals surface area (Å²) < 4.78 is 12.8. The minimum atomic E-state index is -1.39. The van der Waals surface area contributed by atoms with Crippen LogP contribution in [0.4, 0.5) is 5.69 Å². The molecular formula is C33H44N2O6. The Morgan fingerprint density at radius 1 is 1.05 bits per heavy atom. The second kappa shape index (κ2) is 11.4. The number of cyclic esters (lactones) is 1. The smallest absolute Gasteiger partial charge is 0.313 e. The fourth-order valence-corrected chi connectivity index (χ4v) is 7.42. The van der Waals surface area contributed by atoms with E-state index >= 15 is 0 Å². The molecule has 41 heavy (non-hydrogen) atoms. The number of aliphatic hydroxyl groups is 1. The molecule has 2 saturated heterocycles. The fourth-order valence-electron chi connectivity index (χ4n) is 7.42. The van der Waals surface area contributed by atoms with Gasteiger partial charge >= 0.3 is 5.97 Å². The summed E-state index contributed by atoms with van der Waals surface area (Å²) in [7, 11) is 0. The number of amides is 2. The standard InChI is InChI=1S/C33H44N2O6/c1-6-32-14-9-7-8-10-17-40-31(39)27(32)26-29(37)35(24(20-36)18-21(2)3)28-30(38)34(16-11-15-33(26,28)41-32)25-19-22(4)12-13-23(25)5/h9,11-15,19,21,24,26-28,36H,6-8,10,16-18,20H2,1-5H3/b14-9-/t24-,26+,27+,28?,32-,33+/m1/s1. The molecule has 6 atom stereocenters. The molecule has 2 amide bonds. The Kier molecular flexibility index (Phi) is 8.18. The molecule has 0 saturated carbocycles. The largest absolute Gasteiger partial charge is 0.465 e. The second-order valence-corrected chi connectivity index (χ2v) is 12.5. The molecule has 8 nitrogen and oxygen atoms in total. The number of allylic oxidation sites excluding steroid dienone is 1. The van der Waals surface area contributed by atoms with Crippen molar-refractivity contribution in [3.8, 4) is 0 Å². The third-order valence-electron chi connectivity index (χ3n) is 9.32. The summed E-state index contributed by atoms with van der Waals surface area (Å²) in [5.74, 6) is -2.77. The van der Waals surface area contributed by atoms with Crippen LogP contribution in [-0.4, -0.2) is 70.8 Å². The molecule has 1 aromatic carbocycles. The molecule has 4 aliphatic rings. The van der Waals surface area contributed by atoms with Gasteiger partial charge in [-0.1, -0.05) is 57.2 Å².